The molecule has 49 heavy (non-hydrogen) atoms. The third-order valence-corrected chi connectivity index (χ3v) is 11.9. The average molecular weight is 698 g/mol. The summed E-state index contributed by atoms with van der Waals surface area (Å²) in [6.07, 6.45) is 0. The molecule has 0 saturated carbocycles. The van der Waals surface area contributed by atoms with Crippen LogP contribution in [0.1, 0.15) is 19.5 Å². The van der Waals surface area contributed by atoms with E-state index in [9.17, 15) is 9.59 Å². The highest BCUT2D eigenvalue weighted by molar-refractivity contribution is 8.05. The number of morpholine rings is 1. The second-order valence-electron chi connectivity index (χ2n) is 12.4. The van der Waals surface area contributed by atoms with Gasteiger partial charge in [-0.3, -0.25) is 14.5 Å². The van der Waals surface area contributed by atoms with E-state index in [2.05, 4.69) is 85.7 Å². The number of rotatable bonds is 10. The van der Waals surface area contributed by atoms with Gasteiger partial charge in [0.1, 0.15) is 5.82 Å². The Hall–Kier alpha value is -3.97. The monoisotopic (exact) mass is 697 g/mol. The van der Waals surface area contributed by atoms with Crippen molar-refractivity contribution in [2.45, 2.75) is 40.0 Å². The summed E-state index contributed by atoms with van der Waals surface area (Å²) >= 11 is 3.52. The minimum Gasteiger partial charge on any atom is -0.379 e. The molecule has 12 heteroatoms. The average Bonchev–Trinajstić information content (AvgIpc) is 3.14. The lowest BCUT2D eigenvalue weighted by molar-refractivity contribution is -0.132. The van der Waals surface area contributed by atoms with Crippen LogP contribution in [0.3, 0.4) is 0 Å². The molecule has 3 aliphatic rings. The Bertz CT molecular complexity index is 1850. The van der Waals surface area contributed by atoms with Crippen molar-refractivity contribution in [3.8, 4) is 11.3 Å². The number of benzene rings is 2. The maximum atomic E-state index is 12.7. The van der Waals surface area contributed by atoms with Crippen LogP contribution in [0.2, 0.25) is 0 Å². The largest absolute Gasteiger partial charge is 0.379 e. The summed E-state index contributed by atoms with van der Waals surface area (Å²) in [7, 11) is 0. The number of H-pyrrole nitrogens is 1. The summed E-state index contributed by atoms with van der Waals surface area (Å²) in [5.74, 6) is 1.19. The van der Waals surface area contributed by atoms with Gasteiger partial charge < -0.3 is 29.7 Å². The van der Waals surface area contributed by atoms with Gasteiger partial charge in [0.2, 0.25) is 11.5 Å². The van der Waals surface area contributed by atoms with Gasteiger partial charge in [-0.1, -0.05) is 41.7 Å². The second-order valence-corrected chi connectivity index (χ2v) is 14.5. The molecule has 0 atom stereocenters. The molecule has 0 unspecified atom stereocenters. The Kier molecular flexibility index (Phi) is 10.5. The van der Waals surface area contributed by atoms with Crippen molar-refractivity contribution >= 4 is 46.6 Å². The standard InChI is InChI=1S/C37H43N7O3S2/c1-3-42(4-2)36(46)25-41-13-15-44(16-14-41)34-10-5-7-27(39-34)24-38-26-11-12-31-33(21-26)48-32-9-6-8-29(37(32)49-31)30-22-28(23-35(45)40-30)43-17-19-47-20-18-43/h5-12,21-23,38H,3-4,13-20,24-25H2,1-2H3,(H,40,45). The minimum absolute atomic E-state index is 0.0946. The number of nitrogens with one attached hydrogen (secondary N) is 2. The summed E-state index contributed by atoms with van der Waals surface area (Å²) in [4.78, 5) is 46.8. The van der Waals surface area contributed by atoms with Crippen LogP contribution in [0, 0.1) is 0 Å². The molecule has 256 valence electrons. The van der Waals surface area contributed by atoms with E-state index in [4.69, 9.17) is 9.72 Å². The van der Waals surface area contributed by atoms with E-state index in [1.54, 1.807) is 29.6 Å². The highest BCUT2D eigenvalue weighted by Crippen LogP contribution is 2.52. The molecule has 4 aromatic rings. The predicted octanol–water partition coefficient (Wildman–Crippen LogP) is 5.49. The predicted molar refractivity (Wildman–Crippen MR) is 198 cm³/mol. The lowest BCUT2D eigenvalue weighted by Crippen LogP contribution is -2.50. The maximum Gasteiger partial charge on any atom is 0.250 e. The number of ether oxygens (including phenoxy) is 1. The van der Waals surface area contributed by atoms with Gasteiger partial charge in [-0.2, -0.15) is 0 Å². The van der Waals surface area contributed by atoms with Gasteiger partial charge in [0.25, 0.3) is 0 Å². The van der Waals surface area contributed by atoms with Crippen LogP contribution in [0.5, 0.6) is 0 Å². The lowest BCUT2D eigenvalue weighted by Gasteiger charge is -2.36. The van der Waals surface area contributed by atoms with Crippen molar-refractivity contribution in [2.24, 2.45) is 0 Å². The van der Waals surface area contributed by atoms with E-state index in [1.165, 1.54) is 14.7 Å². The van der Waals surface area contributed by atoms with Gasteiger partial charge in [-0.25, -0.2) is 4.98 Å². The van der Waals surface area contributed by atoms with Crippen LogP contribution in [0.4, 0.5) is 17.2 Å². The normalized spacial score (nSPS) is 16.2. The summed E-state index contributed by atoms with van der Waals surface area (Å²) < 4.78 is 5.52. The number of pyridine rings is 2. The molecule has 2 saturated heterocycles. The number of amides is 1. The topological polar surface area (TPSA) is 97.0 Å². The van der Waals surface area contributed by atoms with Gasteiger partial charge >= 0.3 is 0 Å². The number of carbonyl (C=O) groups excluding carboxylic acids is 1. The molecule has 0 radical (unpaired) electrons. The number of hydrogen-bond donors (Lipinski definition) is 2. The molecule has 0 bridgehead atoms. The number of aromatic amines is 1. The third kappa shape index (κ3) is 7.77. The third-order valence-electron chi connectivity index (χ3n) is 9.29. The van der Waals surface area contributed by atoms with Crippen molar-refractivity contribution in [1.82, 2.24) is 19.8 Å². The maximum absolute atomic E-state index is 12.7. The van der Waals surface area contributed by atoms with Gasteiger partial charge in [-0.05, 0) is 56.3 Å². The van der Waals surface area contributed by atoms with Crippen LogP contribution in [0.25, 0.3) is 11.3 Å². The van der Waals surface area contributed by atoms with Gasteiger partial charge in [0.05, 0.1) is 37.7 Å². The van der Waals surface area contributed by atoms with Crippen LogP contribution in [0.15, 0.2) is 91.1 Å². The summed E-state index contributed by atoms with van der Waals surface area (Å²) in [5, 5.41) is 3.59. The first-order valence-corrected chi connectivity index (χ1v) is 18.8. The molecular weight excluding hydrogens is 655 g/mol. The van der Waals surface area contributed by atoms with Crippen molar-refractivity contribution < 1.29 is 9.53 Å². The van der Waals surface area contributed by atoms with E-state index < -0.39 is 0 Å². The summed E-state index contributed by atoms with van der Waals surface area (Å²) in [6.45, 7) is 13.0. The summed E-state index contributed by atoms with van der Waals surface area (Å²) in [5.41, 5.74) is 4.75. The number of aromatic nitrogens is 2. The van der Waals surface area contributed by atoms with Crippen LogP contribution in [-0.2, 0) is 16.1 Å². The van der Waals surface area contributed by atoms with E-state index in [-0.39, 0.29) is 11.5 Å². The zero-order chi connectivity index (χ0) is 33.7. The lowest BCUT2D eigenvalue weighted by atomic mass is 10.1. The highest BCUT2D eigenvalue weighted by Gasteiger charge is 2.24. The molecule has 0 aliphatic carbocycles. The Labute approximate surface area is 296 Å². The second kappa shape index (κ2) is 15.3. The molecule has 2 fully saturated rings. The molecule has 0 spiro atoms. The first kappa shape index (κ1) is 33.5. The fraction of sp³-hybridized carbons (Fsp3) is 0.378. The fourth-order valence-corrected chi connectivity index (χ4v) is 8.95. The van der Waals surface area contributed by atoms with Crippen molar-refractivity contribution in [1.29, 1.82) is 0 Å². The van der Waals surface area contributed by atoms with E-state index in [0.717, 1.165) is 91.4 Å². The van der Waals surface area contributed by atoms with Crippen LogP contribution in [-0.4, -0.2) is 97.8 Å². The number of fused-ring (bicyclic) bond motifs is 2. The number of anilines is 3. The summed E-state index contributed by atoms with van der Waals surface area (Å²) in [6, 6.07) is 22.8. The van der Waals surface area contributed by atoms with Crippen LogP contribution >= 0.6 is 23.5 Å². The quantitative estimate of drug-likeness (QED) is 0.195. The number of carbonyl (C=O) groups is 1. The SMILES string of the molecule is CCN(CC)C(=O)CN1CCN(c2cccc(CNc3ccc4c(c3)Sc3cccc(-c5cc(N6CCOCC6)cc(=O)[nH]5)c3S4)n2)CC1. The Morgan fingerprint density at radius 1 is 0.878 bits per heavy atom. The van der Waals surface area contributed by atoms with Crippen molar-refractivity contribution in [3.63, 3.8) is 0 Å². The number of hydrogen-bond acceptors (Lipinski definition) is 10. The van der Waals surface area contributed by atoms with Crippen LogP contribution < -0.4 is 20.7 Å². The molecule has 2 aromatic heterocycles. The first-order valence-electron chi connectivity index (χ1n) is 17.1. The van der Waals surface area contributed by atoms with Gasteiger partial charge in [0, 0.05) is 94.9 Å². The molecule has 2 N–H and O–H groups in total. The molecule has 10 nitrogen and oxygen atoms in total. The zero-order valence-electron chi connectivity index (χ0n) is 28.1. The Morgan fingerprint density at radius 3 is 2.47 bits per heavy atom. The molecule has 2 aromatic carbocycles. The molecular formula is C37H43N7O3S2. The fourth-order valence-electron chi connectivity index (χ4n) is 6.54. The van der Waals surface area contributed by atoms with Crippen molar-refractivity contribution in [3.05, 3.63) is 82.8 Å². The molecule has 3 aliphatic heterocycles. The zero-order valence-corrected chi connectivity index (χ0v) is 29.7. The van der Waals surface area contributed by atoms with Gasteiger partial charge in [-0.15, -0.1) is 0 Å². The highest BCUT2D eigenvalue weighted by atomic mass is 32.2. The molecule has 5 heterocycles. The van der Waals surface area contributed by atoms with E-state index >= 15 is 0 Å². The Morgan fingerprint density at radius 2 is 1.67 bits per heavy atom. The van der Waals surface area contributed by atoms with Gasteiger partial charge in [0.15, 0.2) is 0 Å². The minimum atomic E-state index is -0.0946. The molecule has 7 rings (SSSR count). The number of nitrogens with zero attached hydrogens (tertiary/aromatic N) is 5. The smallest absolute Gasteiger partial charge is 0.250 e. The first-order chi connectivity index (χ1) is 24.0. The Balaban J connectivity index is 0.987. The van der Waals surface area contributed by atoms with E-state index in [1.807, 2.05) is 18.7 Å². The van der Waals surface area contributed by atoms with E-state index in [0.29, 0.717) is 26.3 Å². The number of piperazine rings is 1. The molecule has 1 amide bonds. The number of likely N-dealkylation sites (N-methyl/N-ethyl adjacent to an activating group) is 1. The van der Waals surface area contributed by atoms with Crippen molar-refractivity contribution in [2.75, 3.05) is 87.2 Å².